The van der Waals surface area contributed by atoms with Crippen LogP contribution in [0.5, 0.6) is 0 Å². The molecule has 16 heavy (non-hydrogen) atoms. The fraction of sp³-hybridized carbons (Fsp3) is 1.00. The fourth-order valence-electron chi connectivity index (χ4n) is 3.40. The number of hydrogen-bond donors (Lipinski definition) is 1. The monoisotopic (exact) mass is 226 g/mol. The summed E-state index contributed by atoms with van der Waals surface area (Å²) in [7, 11) is 4.32. The smallest absolute Gasteiger partial charge is 0.0555 e. The molecule has 1 aliphatic carbocycles. The van der Waals surface area contributed by atoms with Crippen LogP contribution in [0, 0.1) is 0 Å². The highest BCUT2D eigenvalue weighted by atomic mass is 16.3. The van der Waals surface area contributed by atoms with Gasteiger partial charge < -0.3 is 10.0 Å². The zero-order valence-corrected chi connectivity index (χ0v) is 10.7. The Hall–Kier alpha value is -0.120. The van der Waals surface area contributed by atoms with E-state index >= 15 is 0 Å². The summed E-state index contributed by atoms with van der Waals surface area (Å²) < 4.78 is 0. The standard InChI is InChI=1S/C13H26N2O/c1-14(2)10-12-6-4-8-15(12)11-5-3-7-13(16)9-11/h11-13,16H,3-10H2,1-2H3. The maximum absolute atomic E-state index is 9.77. The molecule has 0 aromatic rings. The van der Waals surface area contributed by atoms with Gasteiger partial charge in [0.05, 0.1) is 6.10 Å². The van der Waals surface area contributed by atoms with Gasteiger partial charge in [0.2, 0.25) is 0 Å². The molecule has 1 aliphatic heterocycles. The third-order valence-electron chi connectivity index (χ3n) is 4.09. The number of rotatable bonds is 3. The van der Waals surface area contributed by atoms with Crippen molar-refractivity contribution in [2.24, 2.45) is 0 Å². The highest BCUT2D eigenvalue weighted by molar-refractivity contribution is 4.89. The predicted molar refractivity (Wildman–Crippen MR) is 66.5 cm³/mol. The SMILES string of the molecule is CN(C)CC1CCCN1C1CCCC(O)C1. The first-order valence-corrected chi connectivity index (χ1v) is 6.75. The number of aliphatic hydroxyl groups is 1. The Bertz CT molecular complexity index is 220. The van der Waals surface area contributed by atoms with Crippen LogP contribution < -0.4 is 0 Å². The van der Waals surface area contributed by atoms with Gasteiger partial charge in [0, 0.05) is 18.6 Å². The van der Waals surface area contributed by atoms with Crippen molar-refractivity contribution in [3.63, 3.8) is 0 Å². The van der Waals surface area contributed by atoms with E-state index in [-0.39, 0.29) is 6.10 Å². The minimum Gasteiger partial charge on any atom is -0.393 e. The van der Waals surface area contributed by atoms with Gasteiger partial charge >= 0.3 is 0 Å². The van der Waals surface area contributed by atoms with E-state index in [4.69, 9.17) is 0 Å². The van der Waals surface area contributed by atoms with Crippen LogP contribution in [-0.4, -0.2) is 60.3 Å². The Morgan fingerprint density at radius 3 is 2.69 bits per heavy atom. The lowest BCUT2D eigenvalue weighted by molar-refractivity contribution is 0.0509. The van der Waals surface area contributed by atoms with Gasteiger partial charge in [0.15, 0.2) is 0 Å². The number of likely N-dealkylation sites (tertiary alicyclic amines) is 1. The van der Waals surface area contributed by atoms with Crippen molar-refractivity contribution in [3.8, 4) is 0 Å². The first-order valence-electron chi connectivity index (χ1n) is 6.75. The van der Waals surface area contributed by atoms with Crippen molar-refractivity contribution in [1.82, 2.24) is 9.80 Å². The van der Waals surface area contributed by atoms with Gasteiger partial charge in [-0.2, -0.15) is 0 Å². The van der Waals surface area contributed by atoms with Crippen LogP contribution >= 0.6 is 0 Å². The van der Waals surface area contributed by atoms with Crippen molar-refractivity contribution in [1.29, 1.82) is 0 Å². The quantitative estimate of drug-likeness (QED) is 0.786. The van der Waals surface area contributed by atoms with Gasteiger partial charge in [-0.1, -0.05) is 0 Å². The van der Waals surface area contributed by atoms with Gasteiger partial charge in [0.25, 0.3) is 0 Å². The van der Waals surface area contributed by atoms with Gasteiger partial charge in [-0.15, -0.1) is 0 Å². The third kappa shape index (κ3) is 2.96. The molecule has 3 heteroatoms. The molecule has 0 amide bonds. The molecular formula is C13H26N2O. The lowest BCUT2D eigenvalue weighted by atomic mass is 9.91. The molecule has 0 spiro atoms. The van der Waals surface area contributed by atoms with Gasteiger partial charge in [-0.25, -0.2) is 0 Å². The second kappa shape index (κ2) is 5.48. The molecule has 1 N–H and O–H groups in total. The van der Waals surface area contributed by atoms with E-state index in [1.54, 1.807) is 0 Å². The van der Waals surface area contributed by atoms with E-state index in [0.717, 1.165) is 18.9 Å². The Labute approximate surface area is 99.4 Å². The zero-order valence-electron chi connectivity index (χ0n) is 10.7. The summed E-state index contributed by atoms with van der Waals surface area (Å²) in [4.78, 5) is 4.96. The summed E-state index contributed by atoms with van der Waals surface area (Å²) in [6, 6.07) is 1.38. The van der Waals surface area contributed by atoms with Gasteiger partial charge in [-0.05, 0) is 59.2 Å². The highest BCUT2D eigenvalue weighted by Crippen LogP contribution is 2.29. The zero-order chi connectivity index (χ0) is 11.5. The number of aliphatic hydroxyl groups excluding tert-OH is 1. The molecule has 1 saturated carbocycles. The van der Waals surface area contributed by atoms with Crippen LogP contribution in [0.3, 0.4) is 0 Å². The summed E-state index contributed by atoms with van der Waals surface area (Å²) in [5.41, 5.74) is 0. The maximum atomic E-state index is 9.77. The normalized spacial score (nSPS) is 37.1. The van der Waals surface area contributed by atoms with Crippen LogP contribution in [0.4, 0.5) is 0 Å². The van der Waals surface area contributed by atoms with Crippen LogP contribution in [0.25, 0.3) is 0 Å². The molecule has 3 unspecified atom stereocenters. The minimum atomic E-state index is -0.0423. The third-order valence-corrected chi connectivity index (χ3v) is 4.09. The van der Waals surface area contributed by atoms with Crippen molar-refractivity contribution in [2.45, 2.75) is 56.7 Å². The number of nitrogens with zero attached hydrogens (tertiary/aromatic N) is 2. The molecule has 0 radical (unpaired) electrons. The molecular weight excluding hydrogens is 200 g/mol. The average molecular weight is 226 g/mol. The second-order valence-corrected chi connectivity index (χ2v) is 5.77. The van der Waals surface area contributed by atoms with E-state index in [9.17, 15) is 5.11 Å². The van der Waals surface area contributed by atoms with Gasteiger partial charge in [0.1, 0.15) is 0 Å². The van der Waals surface area contributed by atoms with Crippen LogP contribution in [-0.2, 0) is 0 Å². The van der Waals surface area contributed by atoms with E-state index in [2.05, 4.69) is 23.9 Å². The van der Waals surface area contributed by atoms with Crippen molar-refractivity contribution in [3.05, 3.63) is 0 Å². The predicted octanol–water partition coefficient (Wildman–Crippen LogP) is 1.32. The van der Waals surface area contributed by atoms with Crippen molar-refractivity contribution >= 4 is 0 Å². The highest BCUT2D eigenvalue weighted by Gasteiger charge is 2.33. The molecule has 94 valence electrons. The molecule has 2 fully saturated rings. The molecule has 1 saturated heterocycles. The van der Waals surface area contributed by atoms with E-state index < -0.39 is 0 Å². The van der Waals surface area contributed by atoms with Gasteiger partial charge in [-0.3, -0.25) is 4.90 Å². The fourth-order valence-corrected chi connectivity index (χ4v) is 3.40. The number of likely N-dealkylation sites (N-methyl/N-ethyl adjacent to an activating group) is 1. The first kappa shape index (κ1) is 12.3. The Morgan fingerprint density at radius 1 is 1.19 bits per heavy atom. The molecule has 0 aromatic carbocycles. The summed E-state index contributed by atoms with van der Waals surface area (Å²) in [6.45, 7) is 2.42. The van der Waals surface area contributed by atoms with Crippen LogP contribution in [0.2, 0.25) is 0 Å². The Balaban J connectivity index is 1.91. The summed E-state index contributed by atoms with van der Waals surface area (Å²) >= 11 is 0. The van der Waals surface area contributed by atoms with Crippen LogP contribution in [0.15, 0.2) is 0 Å². The minimum absolute atomic E-state index is 0.0423. The summed E-state index contributed by atoms with van der Waals surface area (Å²) in [5, 5.41) is 9.77. The second-order valence-electron chi connectivity index (χ2n) is 5.77. The van der Waals surface area contributed by atoms with Crippen molar-refractivity contribution in [2.75, 3.05) is 27.2 Å². The average Bonchev–Trinajstić information content (AvgIpc) is 2.65. The van der Waals surface area contributed by atoms with E-state index in [1.807, 2.05) is 0 Å². The Morgan fingerprint density at radius 2 is 2.00 bits per heavy atom. The molecule has 0 bridgehead atoms. The largest absolute Gasteiger partial charge is 0.393 e. The molecule has 3 atom stereocenters. The maximum Gasteiger partial charge on any atom is 0.0555 e. The lowest BCUT2D eigenvalue weighted by Gasteiger charge is -2.38. The topological polar surface area (TPSA) is 26.7 Å². The summed E-state index contributed by atoms with van der Waals surface area (Å²) in [5.74, 6) is 0. The molecule has 1 heterocycles. The van der Waals surface area contributed by atoms with Crippen molar-refractivity contribution < 1.29 is 5.11 Å². The number of hydrogen-bond acceptors (Lipinski definition) is 3. The van der Waals surface area contributed by atoms with E-state index in [0.29, 0.717) is 6.04 Å². The Kier molecular flexibility index (Phi) is 4.22. The summed E-state index contributed by atoms with van der Waals surface area (Å²) in [6.07, 6.45) is 7.15. The molecule has 2 rings (SSSR count). The molecule has 0 aromatic heterocycles. The molecule has 2 aliphatic rings. The lowest BCUT2D eigenvalue weighted by Crippen LogP contribution is -2.46. The first-order chi connectivity index (χ1) is 7.66. The van der Waals surface area contributed by atoms with Crippen LogP contribution in [0.1, 0.15) is 38.5 Å². The molecule has 3 nitrogen and oxygen atoms in total. The van der Waals surface area contributed by atoms with E-state index in [1.165, 1.54) is 38.8 Å².